The second-order valence-corrected chi connectivity index (χ2v) is 17.8. The fourth-order valence-electron chi connectivity index (χ4n) is 7.49. The van der Waals surface area contributed by atoms with Crippen LogP contribution in [0.3, 0.4) is 0 Å². The Bertz CT molecular complexity index is 2160. The summed E-state index contributed by atoms with van der Waals surface area (Å²) >= 11 is 0. The number of nitrogens with one attached hydrogen (secondary N) is 7. The van der Waals surface area contributed by atoms with Crippen LogP contribution in [0, 0.1) is 5.92 Å². The van der Waals surface area contributed by atoms with Crippen LogP contribution < -0.4 is 60.2 Å². The number of carboxylic acids is 3. The SMILES string of the molecule is CC(C)[C@H](NC(=O)CNC(=O)[C@H](CCC(=O)O)NC(=O)[C@H](CC(=O)O)NC(=O)[C@@H]1CCCN1C(=O)[C@H](CCCN=C(N)N)NC(=O)[C@H](CO)NC(=O)[C@@H](N)CCCCN)C(=O)N[C@@H](Cc1ccc(O)cc1)C(=O)O. The largest absolute Gasteiger partial charge is 0.508 e. The Labute approximate surface area is 425 Å². The Morgan fingerprint density at radius 2 is 1.34 bits per heavy atom. The van der Waals surface area contributed by atoms with Crippen molar-refractivity contribution in [3.8, 4) is 5.75 Å². The Kier molecular flexibility index (Phi) is 26.8. The van der Waals surface area contributed by atoms with Crippen LogP contribution >= 0.6 is 0 Å². The number of carbonyl (C=O) groups is 11. The maximum absolute atomic E-state index is 14.2. The number of unbranched alkanes of at least 4 members (excludes halogenated alkanes) is 1. The fourth-order valence-corrected chi connectivity index (χ4v) is 7.49. The number of guanidine groups is 1. The summed E-state index contributed by atoms with van der Waals surface area (Å²) in [5.74, 6) is -13.1. The normalized spacial score (nSPS) is 15.9. The number of rotatable bonds is 33. The number of phenols is 1. The van der Waals surface area contributed by atoms with Crippen molar-refractivity contribution in [1.82, 2.24) is 42.1 Å². The molecule has 0 unspecified atom stereocenters. The number of carbonyl (C=O) groups excluding carboxylic acids is 8. The number of phenolic OH excluding ortho intramolecular Hbond substituents is 1. The number of hydrogen-bond acceptors (Lipinski definition) is 16. The average Bonchev–Trinajstić information content (AvgIpc) is 3.83. The quantitative estimate of drug-likeness (QED) is 0.0177. The lowest BCUT2D eigenvalue weighted by atomic mass is 10.0. The third-order valence-electron chi connectivity index (χ3n) is 11.5. The van der Waals surface area contributed by atoms with E-state index in [-0.39, 0.29) is 63.3 Å². The number of aliphatic imine (C=N–C) groups is 1. The van der Waals surface area contributed by atoms with Crippen LogP contribution in [0.2, 0.25) is 0 Å². The van der Waals surface area contributed by atoms with Crippen molar-refractivity contribution < 1.29 is 78.3 Å². The first-order valence-electron chi connectivity index (χ1n) is 23.8. The van der Waals surface area contributed by atoms with Crippen molar-refractivity contribution in [2.24, 2.45) is 33.8 Å². The third kappa shape index (κ3) is 22.0. The lowest BCUT2D eigenvalue weighted by Crippen LogP contribution is -2.60. The van der Waals surface area contributed by atoms with Crippen molar-refractivity contribution in [1.29, 1.82) is 0 Å². The highest BCUT2D eigenvalue weighted by atomic mass is 16.4. The van der Waals surface area contributed by atoms with Gasteiger partial charge < -0.3 is 90.6 Å². The first-order chi connectivity index (χ1) is 34.9. The molecule has 29 nitrogen and oxygen atoms in total. The molecule has 0 radical (unpaired) electrons. The number of aromatic hydroxyl groups is 1. The number of amides is 8. The summed E-state index contributed by atoms with van der Waals surface area (Å²) in [6, 6.07) is -6.19. The summed E-state index contributed by atoms with van der Waals surface area (Å²) in [6.45, 7) is 1.68. The van der Waals surface area contributed by atoms with E-state index in [1.165, 1.54) is 24.3 Å². The Balaban J connectivity index is 2.24. The van der Waals surface area contributed by atoms with Gasteiger partial charge in [-0.1, -0.05) is 32.4 Å². The Hall–Kier alpha value is -7.66. The number of aliphatic carboxylic acids is 3. The number of nitrogens with two attached hydrogens (primary N) is 4. The highest BCUT2D eigenvalue weighted by molar-refractivity contribution is 5.98. The summed E-state index contributed by atoms with van der Waals surface area (Å²) in [7, 11) is 0. The predicted molar refractivity (Wildman–Crippen MR) is 261 cm³/mol. The minimum absolute atomic E-state index is 0.00397. The highest BCUT2D eigenvalue weighted by Crippen LogP contribution is 2.21. The van der Waals surface area contributed by atoms with E-state index in [0.29, 0.717) is 24.9 Å². The van der Waals surface area contributed by atoms with Crippen LogP contribution in [0.1, 0.15) is 83.6 Å². The molecule has 1 fully saturated rings. The molecule has 1 aliphatic heterocycles. The second-order valence-electron chi connectivity index (χ2n) is 17.8. The molecular weight excluding hydrogens is 979 g/mol. The van der Waals surface area contributed by atoms with Crippen molar-refractivity contribution in [3.63, 3.8) is 0 Å². The molecule has 1 aliphatic rings. The number of hydrogen-bond donors (Lipinski definition) is 16. The van der Waals surface area contributed by atoms with Crippen LogP contribution in [0.15, 0.2) is 29.3 Å². The summed E-state index contributed by atoms with van der Waals surface area (Å²) in [4.78, 5) is 148. The lowest BCUT2D eigenvalue weighted by molar-refractivity contribution is -0.144. The molecule has 74 heavy (non-hydrogen) atoms. The summed E-state index contributed by atoms with van der Waals surface area (Å²) in [5, 5.41) is 64.7. The summed E-state index contributed by atoms with van der Waals surface area (Å²) in [5.41, 5.74) is 22.7. The number of likely N-dealkylation sites (tertiary alicyclic amines) is 1. The number of nitrogens with zero attached hydrogens (tertiary/aromatic N) is 2. The molecule has 0 bridgehead atoms. The molecule has 8 amide bonds. The van der Waals surface area contributed by atoms with E-state index in [4.69, 9.17) is 22.9 Å². The van der Waals surface area contributed by atoms with E-state index >= 15 is 0 Å². The minimum atomic E-state index is -1.93. The van der Waals surface area contributed by atoms with Crippen molar-refractivity contribution in [2.45, 2.75) is 133 Å². The molecule has 1 aromatic rings. The smallest absolute Gasteiger partial charge is 0.326 e. The predicted octanol–water partition coefficient (Wildman–Crippen LogP) is -5.47. The standard InChI is InChI=1S/C45H71N13O16/c1-23(2)36(42(71)55-30(44(73)74)19-24-10-12-25(60)13-11-24)57-33(61)21-51-38(67)27(14-15-34(62)63)52-39(68)29(20-35(64)65)54-41(70)32-9-6-18-58(32)43(72)28(8-5-17-50-45(48)49)53-40(69)31(22-59)56-37(66)26(47)7-3-4-16-46/h10-13,23,26-32,36,59-60H,3-9,14-22,46-47H2,1-2H3,(H,51,67)(H,52,68)(H,53,69)(H,54,70)(H,55,71)(H,56,66)(H,57,61)(H,62,63)(H,64,65)(H,73,74)(H4,48,49,50)/t26-,27-,28-,29-,30-,31-,32-,36-/m0/s1. The van der Waals surface area contributed by atoms with Gasteiger partial charge >= 0.3 is 17.9 Å². The minimum Gasteiger partial charge on any atom is -0.508 e. The molecule has 0 aromatic heterocycles. The first kappa shape index (κ1) is 62.5. The number of carboxylic acid groups (broad SMARTS) is 3. The first-order valence-corrected chi connectivity index (χ1v) is 23.8. The van der Waals surface area contributed by atoms with Crippen molar-refractivity contribution >= 4 is 71.1 Å². The van der Waals surface area contributed by atoms with Crippen LogP contribution in [0.5, 0.6) is 5.75 Å². The zero-order valence-electron chi connectivity index (χ0n) is 41.2. The van der Waals surface area contributed by atoms with Gasteiger partial charge in [0.1, 0.15) is 48.0 Å². The van der Waals surface area contributed by atoms with Gasteiger partial charge in [0, 0.05) is 25.9 Å². The molecule has 0 saturated carbocycles. The van der Waals surface area contributed by atoms with E-state index in [2.05, 4.69) is 42.2 Å². The Morgan fingerprint density at radius 1 is 0.716 bits per heavy atom. The molecule has 8 atom stereocenters. The molecule has 29 heteroatoms. The highest BCUT2D eigenvalue weighted by Gasteiger charge is 2.40. The van der Waals surface area contributed by atoms with Crippen molar-refractivity contribution in [3.05, 3.63) is 29.8 Å². The van der Waals surface area contributed by atoms with Gasteiger partial charge in [-0.3, -0.25) is 52.9 Å². The van der Waals surface area contributed by atoms with Crippen molar-refractivity contribution in [2.75, 3.05) is 32.8 Å². The van der Waals surface area contributed by atoms with Crippen LogP contribution in [0.4, 0.5) is 0 Å². The average molecular weight is 1050 g/mol. The maximum atomic E-state index is 14.2. The van der Waals surface area contributed by atoms with Gasteiger partial charge in [0.05, 0.1) is 25.6 Å². The molecule has 20 N–H and O–H groups in total. The molecule has 412 valence electrons. The molecule has 1 saturated heterocycles. The van der Waals surface area contributed by atoms with E-state index in [1.807, 2.05) is 0 Å². The second kappa shape index (κ2) is 31.7. The zero-order valence-corrected chi connectivity index (χ0v) is 41.2. The fraction of sp³-hybridized carbons (Fsp3) is 0.600. The van der Waals surface area contributed by atoms with Gasteiger partial charge in [-0.15, -0.1) is 0 Å². The number of aliphatic hydroxyl groups is 1. The summed E-state index contributed by atoms with van der Waals surface area (Å²) in [6.07, 6.45) is -1.01. The van der Waals surface area contributed by atoms with E-state index in [1.54, 1.807) is 13.8 Å². The topological polar surface area (TPSA) is 493 Å². The van der Waals surface area contributed by atoms with Crippen LogP contribution in [-0.2, 0) is 59.2 Å². The summed E-state index contributed by atoms with van der Waals surface area (Å²) < 4.78 is 0. The molecule has 0 spiro atoms. The maximum Gasteiger partial charge on any atom is 0.326 e. The zero-order chi connectivity index (χ0) is 55.7. The molecule has 1 aromatic carbocycles. The molecule has 0 aliphatic carbocycles. The Morgan fingerprint density at radius 3 is 1.92 bits per heavy atom. The van der Waals surface area contributed by atoms with Gasteiger partial charge in [0.15, 0.2) is 5.96 Å². The van der Waals surface area contributed by atoms with E-state index in [9.17, 15) is 78.3 Å². The van der Waals surface area contributed by atoms with E-state index < -0.39 is 152 Å². The molecule has 2 rings (SSSR count). The van der Waals surface area contributed by atoms with Gasteiger partial charge in [-0.25, -0.2) is 4.79 Å². The van der Waals surface area contributed by atoms with Gasteiger partial charge in [0.25, 0.3) is 0 Å². The van der Waals surface area contributed by atoms with Crippen LogP contribution in [0.25, 0.3) is 0 Å². The third-order valence-corrected chi connectivity index (χ3v) is 11.5. The van der Waals surface area contributed by atoms with E-state index in [0.717, 1.165) is 4.90 Å². The number of benzene rings is 1. The molecular formula is C45H71N13O16. The van der Waals surface area contributed by atoms with Crippen LogP contribution in [-0.4, -0.2) is 183 Å². The van der Waals surface area contributed by atoms with Gasteiger partial charge in [0.2, 0.25) is 47.3 Å². The van der Waals surface area contributed by atoms with Gasteiger partial charge in [-0.2, -0.15) is 0 Å². The van der Waals surface area contributed by atoms with Gasteiger partial charge in [-0.05, 0) is 75.1 Å². The molecule has 1 heterocycles. The monoisotopic (exact) mass is 1050 g/mol. The number of aliphatic hydroxyl groups excluding tert-OH is 1. The lowest BCUT2D eigenvalue weighted by Gasteiger charge is -2.30.